The molecule has 0 spiro atoms. The van der Waals surface area contributed by atoms with Crippen molar-refractivity contribution in [2.45, 2.75) is 23.3 Å². The normalized spacial score (nSPS) is 18.3. The van der Waals surface area contributed by atoms with E-state index in [1.807, 2.05) is 31.3 Å². The van der Waals surface area contributed by atoms with Crippen molar-refractivity contribution in [3.8, 4) is 0 Å². The average molecular weight is 285 g/mol. The van der Waals surface area contributed by atoms with Gasteiger partial charge in [0, 0.05) is 15.7 Å². The summed E-state index contributed by atoms with van der Waals surface area (Å²) in [5.41, 5.74) is 5.00. The lowest BCUT2D eigenvalue weighted by atomic mass is 9.95. The number of nitrogens with one attached hydrogen (secondary N) is 1. The van der Waals surface area contributed by atoms with Crippen molar-refractivity contribution >= 4 is 29.3 Å². The first-order chi connectivity index (χ1) is 8.58. The van der Waals surface area contributed by atoms with E-state index in [1.165, 1.54) is 0 Å². The van der Waals surface area contributed by atoms with Crippen LogP contribution >= 0.6 is 23.4 Å². The maximum absolute atomic E-state index is 11.7. The molecular weight excluding hydrogens is 268 g/mol. The number of benzene rings is 1. The quantitative estimate of drug-likeness (QED) is 0.788. The highest BCUT2D eigenvalue weighted by molar-refractivity contribution is 7.99. The molecule has 0 aliphatic heterocycles. The van der Waals surface area contributed by atoms with Gasteiger partial charge in [0.1, 0.15) is 5.54 Å². The van der Waals surface area contributed by atoms with Crippen molar-refractivity contribution < 1.29 is 4.79 Å². The SMILES string of the molecule is CNC(CSc1ccc(Cl)cc1)(C(N)=O)C1CC1. The number of carbonyl (C=O) groups is 1. The number of nitrogens with two attached hydrogens (primary N) is 1. The van der Waals surface area contributed by atoms with Gasteiger partial charge in [-0.25, -0.2) is 0 Å². The van der Waals surface area contributed by atoms with Crippen molar-refractivity contribution in [3.63, 3.8) is 0 Å². The van der Waals surface area contributed by atoms with E-state index in [9.17, 15) is 4.79 Å². The second-order valence-electron chi connectivity index (χ2n) is 4.60. The van der Waals surface area contributed by atoms with Crippen LogP contribution in [0.15, 0.2) is 29.2 Å². The maximum atomic E-state index is 11.7. The van der Waals surface area contributed by atoms with Gasteiger partial charge in [-0.2, -0.15) is 0 Å². The van der Waals surface area contributed by atoms with Gasteiger partial charge >= 0.3 is 0 Å². The van der Waals surface area contributed by atoms with Gasteiger partial charge in [-0.05, 0) is 50.1 Å². The predicted octanol–water partition coefficient (Wildman–Crippen LogP) is 2.29. The zero-order valence-electron chi connectivity index (χ0n) is 10.3. The molecule has 3 N–H and O–H groups in total. The third-order valence-corrected chi connectivity index (χ3v) is 4.90. The van der Waals surface area contributed by atoms with Crippen LogP contribution in [-0.2, 0) is 4.79 Å². The van der Waals surface area contributed by atoms with E-state index in [0.717, 1.165) is 22.8 Å². The number of hydrogen-bond acceptors (Lipinski definition) is 3. The number of halogens is 1. The third kappa shape index (κ3) is 2.82. The Kier molecular flexibility index (Phi) is 4.20. The summed E-state index contributed by atoms with van der Waals surface area (Å²) < 4.78 is 0. The van der Waals surface area contributed by atoms with Crippen LogP contribution in [0, 0.1) is 5.92 Å². The Hall–Kier alpha value is -0.710. The van der Waals surface area contributed by atoms with Crippen molar-refractivity contribution in [2.24, 2.45) is 11.7 Å². The van der Waals surface area contributed by atoms with Gasteiger partial charge in [0.05, 0.1) is 0 Å². The first kappa shape index (κ1) is 13.7. The Morgan fingerprint density at radius 3 is 2.56 bits per heavy atom. The molecule has 2 rings (SSSR count). The summed E-state index contributed by atoms with van der Waals surface area (Å²) in [6.45, 7) is 0. The van der Waals surface area contributed by atoms with Crippen LogP contribution in [0.25, 0.3) is 0 Å². The molecule has 1 fully saturated rings. The lowest BCUT2D eigenvalue weighted by Crippen LogP contribution is -2.57. The van der Waals surface area contributed by atoms with Crippen molar-refractivity contribution in [1.82, 2.24) is 5.32 Å². The van der Waals surface area contributed by atoms with E-state index in [0.29, 0.717) is 11.7 Å². The van der Waals surface area contributed by atoms with Crippen LogP contribution in [-0.4, -0.2) is 24.2 Å². The van der Waals surface area contributed by atoms with Crippen LogP contribution in [0.3, 0.4) is 0 Å². The van der Waals surface area contributed by atoms with E-state index in [1.54, 1.807) is 11.8 Å². The van der Waals surface area contributed by atoms with Crippen molar-refractivity contribution in [3.05, 3.63) is 29.3 Å². The minimum atomic E-state index is -0.579. The molecular formula is C13H17ClN2OS. The fourth-order valence-electron chi connectivity index (χ4n) is 2.09. The standard InChI is InChI=1S/C13H17ClN2OS/c1-16-13(12(15)17,9-2-3-9)8-18-11-6-4-10(14)5-7-11/h4-7,9,16H,2-3,8H2,1H3,(H2,15,17). The average Bonchev–Trinajstić information content (AvgIpc) is 3.17. The zero-order valence-corrected chi connectivity index (χ0v) is 11.9. The topological polar surface area (TPSA) is 55.1 Å². The molecule has 1 aromatic carbocycles. The lowest BCUT2D eigenvalue weighted by Gasteiger charge is -2.30. The largest absolute Gasteiger partial charge is 0.368 e. The predicted molar refractivity (Wildman–Crippen MR) is 75.9 cm³/mol. The number of hydrogen-bond donors (Lipinski definition) is 2. The first-order valence-corrected chi connectivity index (χ1v) is 7.32. The molecule has 3 nitrogen and oxygen atoms in total. The van der Waals surface area contributed by atoms with Crippen LogP contribution in [0.2, 0.25) is 5.02 Å². The Bertz CT molecular complexity index is 433. The smallest absolute Gasteiger partial charge is 0.238 e. The highest BCUT2D eigenvalue weighted by Crippen LogP contribution is 2.42. The Morgan fingerprint density at radius 1 is 1.50 bits per heavy atom. The minimum absolute atomic E-state index is 0.256. The molecule has 1 amide bonds. The Labute approximate surface area is 116 Å². The van der Waals surface area contributed by atoms with E-state index in [-0.39, 0.29) is 5.91 Å². The monoisotopic (exact) mass is 284 g/mol. The summed E-state index contributed by atoms with van der Waals surface area (Å²) in [5.74, 6) is 0.777. The zero-order chi connectivity index (χ0) is 13.2. The molecule has 1 unspecified atom stereocenters. The van der Waals surface area contributed by atoms with Crippen LogP contribution < -0.4 is 11.1 Å². The van der Waals surface area contributed by atoms with E-state index in [2.05, 4.69) is 5.32 Å². The van der Waals surface area contributed by atoms with Crippen LogP contribution in [0.1, 0.15) is 12.8 Å². The number of likely N-dealkylation sites (N-methyl/N-ethyl adjacent to an activating group) is 1. The molecule has 0 radical (unpaired) electrons. The summed E-state index contributed by atoms with van der Waals surface area (Å²) in [7, 11) is 1.81. The lowest BCUT2D eigenvalue weighted by molar-refractivity contribution is -0.124. The summed E-state index contributed by atoms with van der Waals surface area (Å²) in [6.07, 6.45) is 2.15. The van der Waals surface area contributed by atoms with E-state index in [4.69, 9.17) is 17.3 Å². The van der Waals surface area contributed by atoms with Gasteiger partial charge in [0.2, 0.25) is 5.91 Å². The van der Waals surface area contributed by atoms with Crippen LogP contribution in [0.5, 0.6) is 0 Å². The molecule has 1 atom stereocenters. The summed E-state index contributed by atoms with van der Waals surface area (Å²) in [4.78, 5) is 12.8. The molecule has 1 aromatic rings. The fourth-order valence-corrected chi connectivity index (χ4v) is 3.46. The number of carbonyl (C=O) groups excluding carboxylic acids is 1. The molecule has 0 aromatic heterocycles. The molecule has 1 aliphatic rings. The molecule has 98 valence electrons. The van der Waals surface area contributed by atoms with Crippen LogP contribution in [0.4, 0.5) is 0 Å². The number of rotatable bonds is 6. The van der Waals surface area contributed by atoms with Gasteiger partial charge in [0.15, 0.2) is 0 Å². The Balaban J connectivity index is 2.06. The van der Waals surface area contributed by atoms with Gasteiger partial charge in [0.25, 0.3) is 0 Å². The summed E-state index contributed by atoms with van der Waals surface area (Å²) in [5, 5.41) is 3.86. The second kappa shape index (κ2) is 5.51. The second-order valence-corrected chi connectivity index (χ2v) is 6.09. The van der Waals surface area contributed by atoms with Gasteiger partial charge in [-0.1, -0.05) is 11.6 Å². The fraction of sp³-hybridized carbons (Fsp3) is 0.462. The number of primary amides is 1. The van der Waals surface area contributed by atoms with E-state index >= 15 is 0 Å². The van der Waals surface area contributed by atoms with E-state index < -0.39 is 5.54 Å². The molecule has 1 aliphatic carbocycles. The van der Waals surface area contributed by atoms with Gasteiger partial charge in [-0.3, -0.25) is 4.79 Å². The molecule has 0 bridgehead atoms. The minimum Gasteiger partial charge on any atom is -0.368 e. The highest BCUT2D eigenvalue weighted by Gasteiger charge is 2.48. The maximum Gasteiger partial charge on any atom is 0.238 e. The number of amides is 1. The molecule has 1 saturated carbocycles. The summed E-state index contributed by atoms with van der Waals surface area (Å²) >= 11 is 7.48. The molecule has 5 heteroatoms. The van der Waals surface area contributed by atoms with Gasteiger partial charge < -0.3 is 11.1 Å². The Morgan fingerprint density at radius 2 is 2.11 bits per heavy atom. The van der Waals surface area contributed by atoms with Gasteiger partial charge in [-0.15, -0.1) is 11.8 Å². The highest BCUT2D eigenvalue weighted by atomic mass is 35.5. The number of thioether (sulfide) groups is 1. The van der Waals surface area contributed by atoms with Crippen molar-refractivity contribution in [2.75, 3.05) is 12.8 Å². The van der Waals surface area contributed by atoms with Crippen molar-refractivity contribution in [1.29, 1.82) is 0 Å². The molecule has 0 heterocycles. The molecule has 18 heavy (non-hydrogen) atoms. The first-order valence-electron chi connectivity index (χ1n) is 5.95. The molecule has 0 saturated heterocycles. The summed E-state index contributed by atoms with van der Waals surface area (Å²) in [6, 6.07) is 7.63. The third-order valence-electron chi connectivity index (χ3n) is 3.44.